The molecule has 0 aromatic carbocycles. The third-order valence-corrected chi connectivity index (χ3v) is 2.76. The number of hydrogen-bond acceptors (Lipinski definition) is 5. The van der Waals surface area contributed by atoms with Gasteiger partial charge in [-0.2, -0.15) is 0 Å². The van der Waals surface area contributed by atoms with Gasteiger partial charge in [-0.1, -0.05) is 11.6 Å². The van der Waals surface area contributed by atoms with E-state index >= 15 is 0 Å². The minimum atomic E-state index is -0.605. The van der Waals surface area contributed by atoms with Crippen LogP contribution in [-0.2, 0) is 4.79 Å². The highest BCUT2D eigenvalue weighted by molar-refractivity contribution is 6.33. The molecule has 7 heteroatoms. The van der Waals surface area contributed by atoms with Gasteiger partial charge in [-0.3, -0.25) is 10.0 Å². The van der Waals surface area contributed by atoms with E-state index < -0.39 is 5.91 Å². The van der Waals surface area contributed by atoms with E-state index in [9.17, 15) is 4.79 Å². The number of halogens is 1. The number of hydrogen-bond donors (Lipinski definition) is 3. The topological polar surface area (TPSA) is 77.5 Å². The van der Waals surface area contributed by atoms with Crippen molar-refractivity contribution in [1.82, 2.24) is 15.4 Å². The summed E-state index contributed by atoms with van der Waals surface area (Å²) in [5.74, 6) is 0.0150. The summed E-state index contributed by atoms with van der Waals surface area (Å²) in [6.45, 7) is 1.77. The van der Waals surface area contributed by atoms with Crippen molar-refractivity contribution in [2.45, 2.75) is 6.42 Å². The summed E-state index contributed by atoms with van der Waals surface area (Å²) in [5, 5.41) is 12.0. The fourth-order valence-electron chi connectivity index (χ4n) is 1.49. The van der Waals surface area contributed by atoms with Gasteiger partial charge in [-0.05, 0) is 44.8 Å². The van der Waals surface area contributed by atoms with E-state index in [2.05, 4.69) is 15.2 Å². The van der Waals surface area contributed by atoms with Crippen LogP contribution in [0, 0.1) is 0 Å². The Morgan fingerprint density at radius 2 is 2.30 bits per heavy atom. The summed E-state index contributed by atoms with van der Waals surface area (Å²) in [6, 6.07) is 1.70. The number of anilines is 1. The second kappa shape index (κ2) is 8.52. The van der Waals surface area contributed by atoms with Gasteiger partial charge in [0.25, 0.3) is 5.91 Å². The summed E-state index contributed by atoms with van der Waals surface area (Å²) in [5.41, 5.74) is 2.19. The van der Waals surface area contributed by atoms with Crippen molar-refractivity contribution in [1.29, 1.82) is 0 Å². The number of carbonyl (C=O) groups is 1. The molecule has 0 unspecified atom stereocenters. The van der Waals surface area contributed by atoms with Gasteiger partial charge < -0.3 is 10.2 Å². The third-order valence-electron chi connectivity index (χ3n) is 2.47. The zero-order valence-corrected chi connectivity index (χ0v) is 12.3. The molecule has 0 aliphatic carbocycles. The maximum Gasteiger partial charge on any atom is 0.267 e. The first kappa shape index (κ1) is 16.4. The van der Waals surface area contributed by atoms with E-state index in [1.165, 1.54) is 17.6 Å². The molecule has 0 spiro atoms. The summed E-state index contributed by atoms with van der Waals surface area (Å²) in [7, 11) is 4.05. The lowest BCUT2D eigenvalue weighted by atomic mass is 10.2. The molecule has 0 aliphatic rings. The molecule has 0 saturated carbocycles. The molecule has 0 saturated heterocycles. The summed E-state index contributed by atoms with van der Waals surface area (Å²) in [6.07, 6.45) is 5.29. The number of amides is 1. The van der Waals surface area contributed by atoms with Crippen molar-refractivity contribution < 1.29 is 10.0 Å². The van der Waals surface area contributed by atoms with E-state index in [0.29, 0.717) is 16.4 Å². The largest absolute Gasteiger partial charge is 0.369 e. The Hall–Kier alpha value is -1.63. The average molecular weight is 299 g/mol. The number of pyridine rings is 1. The highest BCUT2D eigenvalue weighted by Gasteiger charge is 2.02. The van der Waals surface area contributed by atoms with Crippen molar-refractivity contribution >= 4 is 29.4 Å². The van der Waals surface area contributed by atoms with Crippen molar-refractivity contribution in [3.05, 3.63) is 28.9 Å². The van der Waals surface area contributed by atoms with Gasteiger partial charge in [0.1, 0.15) is 5.82 Å². The molecule has 1 aromatic heterocycles. The van der Waals surface area contributed by atoms with Gasteiger partial charge in [0, 0.05) is 18.8 Å². The number of carbonyl (C=O) groups excluding carboxylic acids is 1. The Balaban J connectivity index is 2.55. The SMILES string of the molecule is CN(C)CCCNc1ncc(C=CC(=O)NO)cc1Cl. The van der Waals surface area contributed by atoms with Crippen LogP contribution in [0.2, 0.25) is 5.02 Å². The standard InChI is InChI=1S/C13H19ClN4O2/c1-18(2)7-3-6-15-13-11(14)8-10(9-16-13)4-5-12(19)17-20/h4-5,8-9,20H,3,6-7H2,1-2H3,(H,15,16)(H,17,19). The van der Waals surface area contributed by atoms with E-state index in [-0.39, 0.29) is 0 Å². The lowest BCUT2D eigenvalue weighted by Gasteiger charge is -2.11. The average Bonchev–Trinajstić information content (AvgIpc) is 2.42. The van der Waals surface area contributed by atoms with Crippen LogP contribution in [0.1, 0.15) is 12.0 Å². The number of aromatic nitrogens is 1. The van der Waals surface area contributed by atoms with Gasteiger partial charge in [0.05, 0.1) is 5.02 Å². The molecule has 0 atom stereocenters. The highest BCUT2D eigenvalue weighted by atomic mass is 35.5. The van der Waals surface area contributed by atoms with Crippen LogP contribution in [0.3, 0.4) is 0 Å². The Morgan fingerprint density at radius 3 is 2.90 bits per heavy atom. The first-order valence-corrected chi connectivity index (χ1v) is 6.57. The predicted molar refractivity (Wildman–Crippen MR) is 79.9 cm³/mol. The molecule has 0 radical (unpaired) electrons. The monoisotopic (exact) mass is 298 g/mol. The minimum Gasteiger partial charge on any atom is -0.369 e. The molecular formula is C13H19ClN4O2. The van der Waals surface area contributed by atoms with E-state index in [1.807, 2.05) is 14.1 Å². The normalized spacial score (nSPS) is 11.1. The molecule has 1 aromatic rings. The molecule has 0 fully saturated rings. The molecule has 20 heavy (non-hydrogen) atoms. The fraction of sp³-hybridized carbons (Fsp3) is 0.385. The quantitative estimate of drug-likeness (QED) is 0.309. The lowest BCUT2D eigenvalue weighted by molar-refractivity contribution is -0.124. The van der Waals surface area contributed by atoms with Gasteiger partial charge in [-0.15, -0.1) is 0 Å². The predicted octanol–water partition coefficient (Wildman–Crippen LogP) is 1.62. The Labute approximate surface area is 123 Å². The summed E-state index contributed by atoms with van der Waals surface area (Å²) in [4.78, 5) is 17.2. The van der Waals surface area contributed by atoms with Gasteiger partial charge in [0.2, 0.25) is 0 Å². The van der Waals surface area contributed by atoms with Gasteiger partial charge >= 0.3 is 0 Å². The maximum atomic E-state index is 10.8. The van der Waals surface area contributed by atoms with Crippen LogP contribution in [-0.4, -0.2) is 48.2 Å². The van der Waals surface area contributed by atoms with Crippen LogP contribution in [0.25, 0.3) is 6.08 Å². The second-order valence-corrected chi connectivity index (χ2v) is 4.90. The third kappa shape index (κ3) is 6.01. The van der Waals surface area contributed by atoms with Crippen LogP contribution < -0.4 is 10.8 Å². The van der Waals surface area contributed by atoms with Crippen molar-refractivity contribution in [3.8, 4) is 0 Å². The van der Waals surface area contributed by atoms with Crippen LogP contribution in [0.15, 0.2) is 18.3 Å². The minimum absolute atomic E-state index is 0.487. The molecule has 6 nitrogen and oxygen atoms in total. The number of nitrogens with zero attached hydrogens (tertiary/aromatic N) is 2. The fourth-order valence-corrected chi connectivity index (χ4v) is 1.73. The molecule has 0 bridgehead atoms. The van der Waals surface area contributed by atoms with Crippen LogP contribution >= 0.6 is 11.6 Å². The van der Waals surface area contributed by atoms with Crippen LogP contribution in [0.4, 0.5) is 5.82 Å². The summed E-state index contributed by atoms with van der Waals surface area (Å²) >= 11 is 6.10. The summed E-state index contributed by atoms with van der Waals surface area (Å²) < 4.78 is 0. The first-order chi connectivity index (χ1) is 9.52. The molecule has 3 N–H and O–H groups in total. The molecular weight excluding hydrogens is 280 g/mol. The molecule has 1 rings (SSSR count). The van der Waals surface area contributed by atoms with Crippen LogP contribution in [0.5, 0.6) is 0 Å². The first-order valence-electron chi connectivity index (χ1n) is 6.19. The zero-order chi connectivity index (χ0) is 15.0. The Morgan fingerprint density at radius 1 is 1.55 bits per heavy atom. The van der Waals surface area contributed by atoms with E-state index in [1.54, 1.807) is 12.3 Å². The Bertz CT molecular complexity index is 477. The maximum absolute atomic E-state index is 10.8. The molecule has 1 heterocycles. The van der Waals surface area contributed by atoms with Crippen molar-refractivity contribution in [2.24, 2.45) is 0 Å². The van der Waals surface area contributed by atoms with E-state index in [0.717, 1.165) is 19.5 Å². The van der Waals surface area contributed by atoms with Gasteiger partial charge in [-0.25, -0.2) is 10.5 Å². The molecule has 0 aliphatic heterocycles. The second-order valence-electron chi connectivity index (χ2n) is 4.49. The van der Waals surface area contributed by atoms with Crippen molar-refractivity contribution in [2.75, 3.05) is 32.5 Å². The van der Waals surface area contributed by atoms with E-state index in [4.69, 9.17) is 16.8 Å². The van der Waals surface area contributed by atoms with Crippen molar-refractivity contribution in [3.63, 3.8) is 0 Å². The number of rotatable bonds is 7. The molecule has 1 amide bonds. The highest BCUT2D eigenvalue weighted by Crippen LogP contribution is 2.20. The zero-order valence-electron chi connectivity index (χ0n) is 11.6. The number of hydroxylamine groups is 1. The Kier molecular flexibility index (Phi) is 7.00. The molecule has 110 valence electrons. The van der Waals surface area contributed by atoms with Gasteiger partial charge in [0.15, 0.2) is 0 Å². The lowest BCUT2D eigenvalue weighted by Crippen LogP contribution is -2.16. The number of nitrogens with one attached hydrogen (secondary N) is 2. The smallest absolute Gasteiger partial charge is 0.267 e.